The van der Waals surface area contributed by atoms with E-state index in [0.29, 0.717) is 40.6 Å². The van der Waals surface area contributed by atoms with Crippen LogP contribution in [0.5, 0.6) is 0 Å². The van der Waals surface area contributed by atoms with Crippen molar-refractivity contribution in [2.75, 3.05) is 23.7 Å². The van der Waals surface area contributed by atoms with Gasteiger partial charge in [0.25, 0.3) is 17.7 Å². The number of hydrogen-bond donors (Lipinski definition) is 2. The number of aromatic nitrogens is 1. The van der Waals surface area contributed by atoms with E-state index in [2.05, 4.69) is 15.3 Å². The fourth-order valence-corrected chi connectivity index (χ4v) is 6.18. The molecule has 1 unspecified atom stereocenters. The van der Waals surface area contributed by atoms with Crippen LogP contribution in [0.1, 0.15) is 35.2 Å². The van der Waals surface area contributed by atoms with Crippen LogP contribution >= 0.6 is 11.8 Å². The number of rotatable bonds is 9. The SMILES string of the molecule is N#CCCCSC(N)=NCc1cc2ccc3c(c2oc1=O)N3C(=O)C1CC(F)(F)CN1C(=O)CNC(=O)c1ccnc2ccccc12. The van der Waals surface area contributed by atoms with Crippen molar-refractivity contribution >= 4 is 67.9 Å². The van der Waals surface area contributed by atoms with Crippen molar-refractivity contribution in [3.05, 3.63) is 76.3 Å². The summed E-state index contributed by atoms with van der Waals surface area (Å²) in [7, 11) is 0. The number of fused-ring (bicyclic) bond motifs is 4. The van der Waals surface area contributed by atoms with E-state index in [1.165, 1.54) is 24.0 Å². The number of alkyl halides is 2. The van der Waals surface area contributed by atoms with Gasteiger partial charge in [-0.15, -0.1) is 0 Å². The van der Waals surface area contributed by atoms with E-state index in [1.54, 1.807) is 42.5 Å². The highest BCUT2D eigenvalue weighted by molar-refractivity contribution is 8.13. The molecular formula is C32H27F2N7O5S. The zero-order valence-electron chi connectivity index (χ0n) is 24.7. The van der Waals surface area contributed by atoms with Gasteiger partial charge in [-0.2, -0.15) is 5.26 Å². The molecule has 0 saturated carbocycles. The van der Waals surface area contributed by atoms with Crippen LogP contribution in [0.15, 0.2) is 68.9 Å². The molecule has 240 valence electrons. The molecule has 47 heavy (non-hydrogen) atoms. The molecule has 3 N–H and O–H groups in total. The Bertz CT molecular complexity index is 2060. The number of hydrogen-bond acceptors (Lipinski definition) is 9. The summed E-state index contributed by atoms with van der Waals surface area (Å²) in [6.07, 6.45) is 1.61. The molecule has 12 nitrogen and oxygen atoms in total. The lowest BCUT2D eigenvalue weighted by atomic mass is 10.1. The lowest BCUT2D eigenvalue weighted by molar-refractivity contribution is -0.136. The normalized spacial score (nSPS) is 16.6. The first-order chi connectivity index (χ1) is 22.6. The number of benzene rings is 2. The zero-order chi connectivity index (χ0) is 33.3. The van der Waals surface area contributed by atoms with Crippen LogP contribution < -0.4 is 21.6 Å². The predicted molar refractivity (Wildman–Crippen MR) is 171 cm³/mol. The van der Waals surface area contributed by atoms with Gasteiger partial charge in [-0.25, -0.2) is 13.6 Å². The fourth-order valence-electron chi connectivity index (χ4n) is 5.53. The number of unbranched alkanes of at least 4 members (excludes halogenated alkanes) is 1. The van der Waals surface area contributed by atoms with Gasteiger partial charge in [0.1, 0.15) is 11.7 Å². The molecular weight excluding hydrogens is 632 g/mol. The van der Waals surface area contributed by atoms with Gasteiger partial charge in [-0.3, -0.25) is 29.3 Å². The molecule has 4 aromatic rings. The molecule has 1 fully saturated rings. The fraction of sp³-hybridized carbons (Fsp3) is 0.281. The van der Waals surface area contributed by atoms with Gasteiger partial charge in [0.05, 0.1) is 48.0 Å². The number of amidine groups is 1. The van der Waals surface area contributed by atoms with Gasteiger partial charge < -0.3 is 20.4 Å². The number of thioether (sulfide) groups is 1. The van der Waals surface area contributed by atoms with E-state index in [1.807, 2.05) is 6.07 Å². The number of likely N-dealkylation sites (tertiary alicyclic amines) is 1. The van der Waals surface area contributed by atoms with E-state index in [4.69, 9.17) is 15.4 Å². The second-order valence-electron chi connectivity index (χ2n) is 11.0. The number of carbonyl (C=O) groups excluding carboxylic acids is 3. The van der Waals surface area contributed by atoms with Gasteiger partial charge in [-0.1, -0.05) is 30.0 Å². The summed E-state index contributed by atoms with van der Waals surface area (Å²) in [6, 6.07) is 13.8. The predicted octanol–water partition coefficient (Wildman–Crippen LogP) is 3.84. The molecule has 0 aliphatic carbocycles. The minimum Gasteiger partial charge on any atom is -0.420 e. The summed E-state index contributed by atoms with van der Waals surface area (Å²) in [6.45, 7) is -1.63. The van der Waals surface area contributed by atoms with Gasteiger partial charge in [-0.05, 0) is 36.8 Å². The van der Waals surface area contributed by atoms with Crippen molar-refractivity contribution in [3.8, 4) is 6.07 Å². The maximum absolute atomic E-state index is 14.6. The Labute approximate surface area is 270 Å². The van der Waals surface area contributed by atoms with Gasteiger partial charge >= 0.3 is 5.63 Å². The molecule has 2 aliphatic heterocycles. The lowest BCUT2D eigenvalue weighted by Gasteiger charge is -2.23. The highest BCUT2D eigenvalue weighted by Gasteiger charge is 2.54. The minimum absolute atomic E-state index is 0.0444. The second kappa shape index (κ2) is 12.8. The summed E-state index contributed by atoms with van der Waals surface area (Å²) in [5.74, 6) is -4.93. The first kappa shape index (κ1) is 31.6. The van der Waals surface area contributed by atoms with Gasteiger partial charge in [0.2, 0.25) is 5.91 Å². The van der Waals surface area contributed by atoms with Crippen molar-refractivity contribution in [3.63, 3.8) is 0 Å². The summed E-state index contributed by atoms with van der Waals surface area (Å²) in [5, 5.41) is 12.4. The Kier molecular flexibility index (Phi) is 8.61. The number of nitrogens with one attached hydrogen (secondary N) is 1. The van der Waals surface area contributed by atoms with Crippen molar-refractivity contribution in [1.82, 2.24) is 15.2 Å². The number of nitrogens with zero attached hydrogens (tertiary/aromatic N) is 5. The number of amides is 3. The highest BCUT2D eigenvalue weighted by Crippen LogP contribution is 2.53. The van der Waals surface area contributed by atoms with Gasteiger partial charge in [0.15, 0.2) is 10.8 Å². The van der Waals surface area contributed by atoms with E-state index in [-0.39, 0.29) is 34.1 Å². The van der Waals surface area contributed by atoms with Crippen LogP contribution in [0, 0.1) is 11.3 Å². The first-order valence-electron chi connectivity index (χ1n) is 14.6. The average Bonchev–Trinajstić information content (AvgIpc) is 3.71. The molecule has 0 bridgehead atoms. The van der Waals surface area contributed by atoms with Crippen molar-refractivity contribution in [1.29, 1.82) is 5.26 Å². The number of halogens is 2. The third-order valence-corrected chi connectivity index (χ3v) is 8.74. The van der Waals surface area contributed by atoms with E-state index >= 15 is 0 Å². The first-order valence-corrected chi connectivity index (χ1v) is 15.6. The second-order valence-corrected chi connectivity index (χ2v) is 12.1. The number of aliphatic imine (C=N–C) groups is 1. The maximum atomic E-state index is 14.6. The van der Waals surface area contributed by atoms with Crippen LogP contribution in [0.25, 0.3) is 21.9 Å². The smallest absolute Gasteiger partial charge is 0.341 e. The molecule has 1 atom stereocenters. The molecule has 0 spiro atoms. The summed E-state index contributed by atoms with van der Waals surface area (Å²) in [4.78, 5) is 62.8. The summed E-state index contributed by atoms with van der Waals surface area (Å²) in [5.41, 5.74) is 6.99. The Morgan fingerprint density at radius 1 is 1.21 bits per heavy atom. The molecule has 4 heterocycles. The molecule has 6 rings (SSSR count). The molecule has 15 heteroatoms. The van der Waals surface area contributed by atoms with E-state index in [0.717, 1.165) is 9.80 Å². The lowest BCUT2D eigenvalue weighted by Crippen LogP contribution is -2.47. The molecule has 1 saturated heterocycles. The van der Waals surface area contributed by atoms with Crippen molar-refractivity contribution < 1.29 is 27.6 Å². The molecule has 2 aromatic heterocycles. The standard InChI is InChI=1S/C32H27F2N7O5S/c33-32(34)14-24(40(17-32)25(42)16-38-28(43)21-9-11-37-22-6-2-1-5-20(21)22)29(44)41-23-8-7-18-13-19(30(45)46-27(18)26(23)41)15-39-31(36)47-12-4-3-10-35/h1-2,5-9,11,13,24H,3-4,12,14-17H2,(H2,36,39)(H,38,43). The minimum atomic E-state index is -3.33. The van der Waals surface area contributed by atoms with Crippen molar-refractivity contribution in [2.24, 2.45) is 10.7 Å². The Morgan fingerprint density at radius 3 is 2.83 bits per heavy atom. The number of nitrogens with two attached hydrogens (primary N) is 1. The third-order valence-electron chi connectivity index (χ3n) is 7.82. The number of nitriles is 1. The van der Waals surface area contributed by atoms with Crippen LogP contribution in [0.3, 0.4) is 0 Å². The number of para-hydroxylation sites is 1. The van der Waals surface area contributed by atoms with Crippen LogP contribution in [-0.4, -0.2) is 63.6 Å². The van der Waals surface area contributed by atoms with Gasteiger partial charge in [0, 0.05) is 35.6 Å². The number of carbonyl (C=O) groups is 3. The number of anilines is 2. The monoisotopic (exact) mass is 659 g/mol. The average molecular weight is 660 g/mol. The largest absolute Gasteiger partial charge is 0.420 e. The Morgan fingerprint density at radius 2 is 2.02 bits per heavy atom. The summed E-state index contributed by atoms with van der Waals surface area (Å²) >= 11 is 1.27. The van der Waals surface area contributed by atoms with Crippen LogP contribution in [0.2, 0.25) is 0 Å². The zero-order valence-corrected chi connectivity index (χ0v) is 25.6. The molecule has 2 aliphatic rings. The van der Waals surface area contributed by atoms with E-state index < -0.39 is 54.8 Å². The van der Waals surface area contributed by atoms with Crippen LogP contribution in [0.4, 0.5) is 20.2 Å². The maximum Gasteiger partial charge on any atom is 0.341 e. The summed E-state index contributed by atoms with van der Waals surface area (Å²) < 4.78 is 34.8. The quantitative estimate of drug-likeness (QED) is 0.0889. The molecule has 2 aromatic carbocycles. The molecule has 3 amide bonds. The third kappa shape index (κ3) is 6.50. The van der Waals surface area contributed by atoms with E-state index in [9.17, 15) is 28.0 Å². The highest BCUT2D eigenvalue weighted by atomic mass is 32.2. The Balaban J connectivity index is 1.15. The Hall–Kier alpha value is -5.36. The van der Waals surface area contributed by atoms with Crippen LogP contribution in [-0.2, 0) is 16.1 Å². The number of pyridine rings is 1. The van der Waals surface area contributed by atoms with Crippen molar-refractivity contribution in [2.45, 2.75) is 37.8 Å². The molecule has 0 radical (unpaired) electrons. The topological polar surface area (TPSA) is 175 Å².